The number of nitrogens with one attached hydrogen (secondary N) is 3. The molecule has 0 aliphatic heterocycles. The van der Waals surface area contributed by atoms with Crippen molar-refractivity contribution in [2.75, 3.05) is 26.2 Å². The normalized spacial score (nSPS) is 13.9. The molecule has 3 N–H and O–H groups in total. The van der Waals surface area contributed by atoms with Crippen LogP contribution in [0.25, 0.3) is 0 Å². The molecule has 0 spiro atoms. The fraction of sp³-hybridized carbons (Fsp3) is 0.529. The van der Waals surface area contributed by atoms with Crippen molar-refractivity contribution in [2.24, 2.45) is 10.9 Å². The molecule has 2 rings (SSSR count). The minimum atomic E-state index is 0. The number of carbonyl (C=O) groups excluding carboxylic acids is 1. The zero-order chi connectivity index (χ0) is 15.6. The summed E-state index contributed by atoms with van der Waals surface area (Å²) in [6, 6.07) is 10.3. The van der Waals surface area contributed by atoms with Gasteiger partial charge >= 0.3 is 0 Å². The van der Waals surface area contributed by atoms with E-state index in [4.69, 9.17) is 0 Å². The molecular weight excluding hydrogens is 403 g/mol. The maximum absolute atomic E-state index is 11.5. The Morgan fingerprint density at radius 1 is 1.13 bits per heavy atom. The summed E-state index contributed by atoms with van der Waals surface area (Å²) in [4.78, 5) is 16.1. The summed E-state index contributed by atoms with van der Waals surface area (Å²) in [6.45, 7) is 4.94. The van der Waals surface area contributed by atoms with Gasteiger partial charge in [-0.3, -0.25) is 9.79 Å². The third-order valence-electron chi connectivity index (χ3n) is 3.52. The van der Waals surface area contributed by atoms with Crippen LogP contribution in [0, 0.1) is 5.92 Å². The number of guanidine groups is 1. The van der Waals surface area contributed by atoms with Gasteiger partial charge in [0.05, 0.1) is 0 Å². The minimum absolute atomic E-state index is 0. The van der Waals surface area contributed by atoms with E-state index in [0.29, 0.717) is 13.1 Å². The van der Waals surface area contributed by atoms with Crippen LogP contribution in [0.2, 0.25) is 0 Å². The van der Waals surface area contributed by atoms with Crippen LogP contribution >= 0.6 is 24.0 Å². The Balaban J connectivity index is 0.00000264. The maximum atomic E-state index is 11.5. The third-order valence-corrected chi connectivity index (χ3v) is 3.52. The van der Waals surface area contributed by atoms with Crippen molar-refractivity contribution in [1.29, 1.82) is 0 Å². The van der Waals surface area contributed by atoms with Gasteiger partial charge in [0.2, 0.25) is 5.91 Å². The molecule has 1 aromatic rings. The lowest BCUT2D eigenvalue weighted by atomic mass is 10.2. The first-order chi connectivity index (χ1) is 10.8. The topological polar surface area (TPSA) is 65.5 Å². The van der Waals surface area contributed by atoms with Crippen LogP contribution in [0.5, 0.6) is 0 Å². The van der Waals surface area contributed by atoms with E-state index in [2.05, 4.69) is 33.1 Å². The molecule has 6 heteroatoms. The molecule has 1 saturated carbocycles. The number of hydrogen-bond acceptors (Lipinski definition) is 2. The second-order valence-corrected chi connectivity index (χ2v) is 5.49. The molecule has 0 aromatic heterocycles. The van der Waals surface area contributed by atoms with Gasteiger partial charge < -0.3 is 16.0 Å². The predicted octanol–water partition coefficient (Wildman–Crippen LogP) is 1.93. The number of aliphatic imine (C=N–C) groups is 1. The molecule has 5 nitrogen and oxygen atoms in total. The highest BCUT2D eigenvalue weighted by molar-refractivity contribution is 14.0. The van der Waals surface area contributed by atoms with Crippen molar-refractivity contribution in [3.63, 3.8) is 0 Å². The second kappa shape index (κ2) is 11.3. The standard InChI is InChI=1S/C17H26N4O.HI/c1-2-18-17(20-11-10-14-6-4-3-5-7-14)21-13-12-19-16(22)15-8-9-15;/h3-7,15H,2,8-13H2,1H3,(H,19,22)(H2,18,20,21);1H. The molecule has 1 fully saturated rings. The number of hydrogen-bond donors (Lipinski definition) is 3. The molecule has 0 heterocycles. The van der Waals surface area contributed by atoms with Crippen LogP contribution in [0.1, 0.15) is 25.3 Å². The first-order valence-corrected chi connectivity index (χ1v) is 8.13. The van der Waals surface area contributed by atoms with Crippen molar-refractivity contribution in [3.8, 4) is 0 Å². The number of nitrogens with zero attached hydrogens (tertiary/aromatic N) is 1. The van der Waals surface area contributed by atoms with Crippen molar-refractivity contribution in [1.82, 2.24) is 16.0 Å². The second-order valence-electron chi connectivity index (χ2n) is 5.49. The highest BCUT2D eigenvalue weighted by atomic mass is 127. The first-order valence-electron chi connectivity index (χ1n) is 8.13. The summed E-state index contributed by atoms with van der Waals surface area (Å²) in [5.41, 5.74) is 1.29. The average molecular weight is 430 g/mol. The summed E-state index contributed by atoms with van der Waals surface area (Å²) in [5, 5.41) is 9.40. The van der Waals surface area contributed by atoms with Crippen molar-refractivity contribution in [2.45, 2.75) is 26.2 Å². The maximum Gasteiger partial charge on any atom is 0.223 e. The Kier molecular flexibility index (Phi) is 9.66. The number of carbonyl (C=O) groups is 1. The van der Waals surface area contributed by atoms with Gasteiger partial charge in [-0.1, -0.05) is 30.3 Å². The zero-order valence-corrected chi connectivity index (χ0v) is 16.0. The molecule has 0 radical (unpaired) electrons. The Morgan fingerprint density at radius 3 is 2.48 bits per heavy atom. The summed E-state index contributed by atoms with van der Waals surface area (Å²) >= 11 is 0. The molecule has 0 saturated heterocycles. The predicted molar refractivity (Wildman–Crippen MR) is 105 cm³/mol. The van der Waals surface area contributed by atoms with Crippen LogP contribution in [0.3, 0.4) is 0 Å². The summed E-state index contributed by atoms with van der Waals surface area (Å²) in [6.07, 6.45) is 3.02. The number of halogens is 1. The van der Waals surface area contributed by atoms with Crippen LogP contribution in [-0.2, 0) is 11.2 Å². The van der Waals surface area contributed by atoms with Gasteiger partial charge in [-0.15, -0.1) is 24.0 Å². The van der Waals surface area contributed by atoms with Gasteiger partial charge in [-0.25, -0.2) is 0 Å². The summed E-state index contributed by atoms with van der Waals surface area (Å²) < 4.78 is 0. The fourth-order valence-electron chi connectivity index (χ4n) is 2.14. The summed E-state index contributed by atoms with van der Waals surface area (Å²) in [5.74, 6) is 1.26. The lowest BCUT2D eigenvalue weighted by Crippen LogP contribution is -2.41. The molecule has 1 amide bonds. The molecule has 23 heavy (non-hydrogen) atoms. The van der Waals surface area contributed by atoms with Crippen LogP contribution in [-0.4, -0.2) is 38.0 Å². The van der Waals surface area contributed by atoms with Gasteiger partial charge in [-0.05, 0) is 31.7 Å². The lowest BCUT2D eigenvalue weighted by molar-refractivity contribution is -0.122. The van der Waals surface area contributed by atoms with E-state index >= 15 is 0 Å². The molecule has 1 aliphatic carbocycles. The highest BCUT2D eigenvalue weighted by Gasteiger charge is 2.28. The van der Waals surface area contributed by atoms with E-state index < -0.39 is 0 Å². The molecule has 0 unspecified atom stereocenters. The summed E-state index contributed by atoms with van der Waals surface area (Å²) in [7, 11) is 0. The Hall–Kier alpha value is -1.31. The van der Waals surface area contributed by atoms with Gasteiger partial charge in [0.1, 0.15) is 0 Å². The highest BCUT2D eigenvalue weighted by Crippen LogP contribution is 2.28. The Labute approximate surface area is 155 Å². The molecule has 0 bridgehead atoms. The fourth-order valence-corrected chi connectivity index (χ4v) is 2.14. The van der Waals surface area contributed by atoms with Gasteiger partial charge in [0, 0.05) is 32.1 Å². The minimum Gasteiger partial charge on any atom is -0.357 e. The van der Waals surface area contributed by atoms with E-state index in [-0.39, 0.29) is 35.8 Å². The van der Waals surface area contributed by atoms with E-state index in [0.717, 1.165) is 38.3 Å². The zero-order valence-electron chi connectivity index (χ0n) is 13.7. The van der Waals surface area contributed by atoms with E-state index in [1.54, 1.807) is 0 Å². The van der Waals surface area contributed by atoms with Gasteiger partial charge in [0.25, 0.3) is 0 Å². The third kappa shape index (κ3) is 8.20. The SMILES string of the molecule is CCNC(=NCCc1ccccc1)NCCNC(=O)C1CC1.I. The molecule has 1 aromatic carbocycles. The monoisotopic (exact) mass is 430 g/mol. The van der Waals surface area contributed by atoms with E-state index in [1.165, 1.54) is 5.56 Å². The molecule has 1 aliphatic rings. The molecule has 0 atom stereocenters. The average Bonchev–Trinajstić information content (AvgIpc) is 3.37. The largest absolute Gasteiger partial charge is 0.357 e. The molecular formula is C17H27IN4O. The smallest absolute Gasteiger partial charge is 0.223 e. The van der Waals surface area contributed by atoms with E-state index in [1.807, 2.05) is 25.1 Å². The van der Waals surface area contributed by atoms with Crippen LogP contribution in [0.4, 0.5) is 0 Å². The van der Waals surface area contributed by atoms with Crippen molar-refractivity contribution < 1.29 is 4.79 Å². The van der Waals surface area contributed by atoms with Crippen molar-refractivity contribution >= 4 is 35.8 Å². The van der Waals surface area contributed by atoms with Crippen molar-refractivity contribution in [3.05, 3.63) is 35.9 Å². The van der Waals surface area contributed by atoms with Crippen LogP contribution in [0.15, 0.2) is 35.3 Å². The van der Waals surface area contributed by atoms with Gasteiger partial charge in [0.15, 0.2) is 5.96 Å². The molecule has 128 valence electrons. The Morgan fingerprint density at radius 2 is 1.83 bits per heavy atom. The van der Waals surface area contributed by atoms with Gasteiger partial charge in [-0.2, -0.15) is 0 Å². The lowest BCUT2D eigenvalue weighted by Gasteiger charge is -2.11. The first kappa shape index (κ1) is 19.7. The van der Waals surface area contributed by atoms with E-state index in [9.17, 15) is 4.79 Å². The Bertz CT molecular complexity index is 489. The number of benzene rings is 1. The van der Waals surface area contributed by atoms with Crippen LogP contribution < -0.4 is 16.0 Å². The number of rotatable bonds is 8. The number of amides is 1. The quantitative estimate of drug-likeness (QED) is 0.256.